The van der Waals surface area contributed by atoms with Gasteiger partial charge in [0.25, 0.3) is 0 Å². The number of hydrogen-bond donors (Lipinski definition) is 0. The number of pyridine rings is 1. The second kappa shape index (κ2) is 8.02. The Kier molecular flexibility index (Phi) is 5.39. The second-order valence-corrected chi connectivity index (χ2v) is 7.24. The maximum atomic E-state index is 14.2. The number of anilines is 1. The van der Waals surface area contributed by atoms with E-state index in [1.165, 1.54) is 30.2 Å². The molecule has 0 fully saturated rings. The molecule has 4 nitrogen and oxygen atoms in total. The minimum Gasteiger partial charge on any atom is -0.496 e. The van der Waals surface area contributed by atoms with Crippen molar-refractivity contribution in [2.45, 2.75) is 19.0 Å². The van der Waals surface area contributed by atoms with E-state index in [-0.39, 0.29) is 24.4 Å². The van der Waals surface area contributed by atoms with Gasteiger partial charge in [0.15, 0.2) is 0 Å². The highest BCUT2D eigenvalue weighted by Gasteiger charge is 2.37. The fourth-order valence-electron chi connectivity index (χ4n) is 3.79. The zero-order valence-corrected chi connectivity index (χ0v) is 16.5. The molecule has 2 heterocycles. The van der Waals surface area contributed by atoms with Crippen LogP contribution in [0.1, 0.15) is 16.7 Å². The molecule has 0 bridgehead atoms. The summed E-state index contributed by atoms with van der Waals surface area (Å²) in [5.74, 6) is -1.18. The van der Waals surface area contributed by atoms with Crippen LogP contribution in [0, 0.1) is 5.82 Å². The van der Waals surface area contributed by atoms with E-state index in [0.717, 1.165) is 6.07 Å². The van der Waals surface area contributed by atoms with Crippen LogP contribution in [0.4, 0.5) is 23.2 Å². The molecule has 1 amide bonds. The van der Waals surface area contributed by atoms with E-state index < -0.39 is 23.5 Å². The third-order valence-electron chi connectivity index (χ3n) is 5.21. The summed E-state index contributed by atoms with van der Waals surface area (Å²) in [6.45, 7) is 0.253. The number of halogens is 4. The quantitative estimate of drug-likeness (QED) is 0.545. The Hall–Kier alpha value is -3.42. The zero-order valence-electron chi connectivity index (χ0n) is 16.5. The smallest absolute Gasteiger partial charge is 0.420 e. The lowest BCUT2D eigenvalue weighted by molar-refractivity contribution is -0.138. The molecule has 0 saturated heterocycles. The van der Waals surface area contributed by atoms with E-state index in [0.29, 0.717) is 28.7 Å². The van der Waals surface area contributed by atoms with Crippen molar-refractivity contribution in [3.05, 3.63) is 77.4 Å². The van der Waals surface area contributed by atoms with Gasteiger partial charge in [0.2, 0.25) is 5.91 Å². The molecule has 0 saturated carbocycles. The Bertz CT molecular complexity index is 1130. The van der Waals surface area contributed by atoms with E-state index in [9.17, 15) is 22.4 Å². The van der Waals surface area contributed by atoms with Gasteiger partial charge >= 0.3 is 6.18 Å². The van der Waals surface area contributed by atoms with Gasteiger partial charge < -0.3 is 9.64 Å². The van der Waals surface area contributed by atoms with Gasteiger partial charge in [0.1, 0.15) is 11.6 Å². The molecule has 31 heavy (non-hydrogen) atoms. The van der Waals surface area contributed by atoms with Crippen molar-refractivity contribution in [1.82, 2.24) is 4.98 Å². The summed E-state index contributed by atoms with van der Waals surface area (Å²) < 4.78 is 59.2. The number of rotatable bonds is 4. The number of carbonyl (C=O) groups excluding carboxylic acids is 1. The highest BCUT2D eigenvalue weighted by atomic mass is 19.4. The van der Waals surface area contributed by atoms with Crippen molar-refractivity contribution in [2.75, 3.05) is 18.6 Å². The maximum Gasteiger partial charge on any atom is 0.420 e. The van der Waals surface area contributed by atoms with Gasteiger partial charge in [0.05, 0.1) is 19.1 Å². The maximum absolute atomic E-state index is 14.2. The van der Waals surface area contributed by atoms with Crippen LogP contribution in [-0.2, 0) is 23.8 Å². The highest BCUT2D eigenvalue weighted by Crippen LogP contribution is 2.42. The van der Waals surface area contributed by atoms with Gasteiger partial charge in [-0.2, -0.15) is 13.2 Å². The number of aromatic nitrogens is 1. The molecular weight excluding hydrogens is 412 g/mol. The van der Waals surface area contributed by atoms with E-state index in [1.807, 2.05) is 0 Å². The molecular formula is C23H18F4N2O2. The molecule has 0 atom stereocenters. The molecule has 160 valence electrons. The number of hydrogen-bond acceptors (Lipinski definition) is 3. The first-order valence-corrected chi connectivity index (χ1v) is 9.54. The number of fused-ring (bicyclic) bond motifs is 1. The van der Waals surface area contributed by atoms with E-state index in [1.54, 1.807) is 30.6 Å². The third kappa shape index (κ3) is 4.23. The fourth-order valence-corrected chi connectivity index (χ4v) is 3.79. The van der Waals surface area contributed by atoms with Crippen LogP contribution in [-0.4, -0.2) is 24.5 Å². The van der Waals surface area contributed by atoms with Gasteiger partial charge in [-0.1, -0.05) is 12.1 Å². The number of nitrogens with zero attached hydrogens (tertiary/aromatic N) is 2. The van der Waals surface area contributed by atoms with Crippen molar-refractivity contribution in [2.24, 2.45) is 0 Å². The summed E-state index contributed by atoms with van der Waals surface area (Å²) in [6, 6.07) is 10.1. The lowest BCUT2D eigenvalue weighted by atomic mass is 10.0. The first-order chi connectivity index (χ1) is 14.8. The van der Waals surface area contributed by atoms with Crippen molar-refractivity contribution in [1.29, 1.82) is 0 Å². The Labute approximate surface area is 176 Å². The minimum atomic E-state index is -4.61. The van der Waals surface area contributed by atoms with Gasteiger partial charge in [-0.05, 0) is 53.4 Å². The van der Waals surface area contributed by atoms with E-state index in [4.69, 9.17) is 4.74 Å². The standard InChI is InChI=1S/C23H18F4N2O2/c1-31-21-11-15-4-6-29(20(15)12-19(21)23(25,26)27)22(30)9-14-7-17(10-18(24)8-14)16-3-2-5-28-13-16/h2-3,5,7-8,10-13H,4,6,9H2,1H3. The number of carbonyl (C=O) groups is 1. The first-order valence-electron chi connectivity index (χ1n) is 9.54. The lowest BCUT2D eigenvalue weighted by Crippen LogP contribution is -2.30. The van der Waals surface area contributed by atoms with Crippen LogP contribution in [0.3, 0.4) is 0 Å². The summed E-state index contributed by atoms with van der Waals surface area (Å²) in [5.41, 5.74) is 1.58. The number of amides is 1. The molecule has 0 unspecified atom stereocenters. The summed E-state index contributed by atoms with van der Waals surface area (Å²) in [6.07, 6.45) is -1.15. The van der Waals surface area contributed by atoms with Crippen LogP contribution < -0.4 is 9.64 Å². The topological polar surface area (TPSA) is 42.4 Å². The molecule has 8 heteroatoms. The normalized spacial score (nSPS) is 13.3. The van der Waals surface area contributed by atoms with Gasteiger partial charge in [-0.25, -0.2) is 4.39 Å². The number of alkyl halides is 3. The number of methoxy groups -OCH3 is 1. The second-order valence-electron chi connectivity index (χ2n) is 7.24. The predicted octanol–water partition coefficient (Wildman–Crippen LogP) is 5.05. The molecule has 0 N–H and O–H groups in total. The van der Waals surface area contributed by atoms with E-state index >= 15 is 0 Å². The largest absolute Gasteiger partial charge is 0.496 e. The monoisotopic (exact) mass is 430 g/mol. The summed E-state index contributed by atoms with van der Waals surface area (Å²) in [5, 5.41) is 0. The van der Waals surface area contributed by atoms with Gasteiger partial charge in [-0.3, -0.25) is 9.78 Å². The number of benzene rings is 2. The molecule has 2 aromatic carbocycles. The SMILES string of the molecule is COc1cc2c(cc1C(F)(F)F)N(C(=O)Cc1cc(F)cc(-c3cccnc3)c1)CC2. The molecule has 0 spiro atoms. The molecule has 0 aliphatic carbocycles. The Balaban J connectivity index is 1.63. The molecule has 1 aromatic heterocycles. The molecule has 0 radical (unpaired) electrons. The average molecular weight is 430 g/mol. The predicted molar refractivity (Wildman–Crippen MR) is 107 cm³/mol. The van der Waals surface area contributed by atoms with Crippen LogP contribution in [0.15, 0.2) is 54.9 Å². The lowest BCUT2D eigenvalue weighted by Gasteiger charge is -2.20. The highest BCUT2D eigenvalue weighted by molar-refractivity contribution is 5.97. The first kappa shape index (κ1) is 20.8. The van der Waals surface area contributed by atoms with Gasteiger partial charge in [-0.15, -0.1) is 0 Å². The van der Waals surface area contributed by atoms with Crippen LogP contribution in [0.2, 0.25) is 0 Å². The van der Waals surface area contributed by atoms with Crippen molar-refractivity contribution < 1.29 is 27.1 Å². The van der Waals surface area contributed by atoms with Crippen molar-refractivity contribution >= 4 is 11.6 Å². The fraction of sp³-hybridized carbons (Fsp3) is 0.217. The van der Waals surface area contributed by atoms with Crippen LogP contribution in [0.25, 0.3) is 11.1 Å². The molecule has 1 aliphatic heterocycles. The van der Waals surface area contributed by atoms with Crippen LogP contribution in [0.5, 0.6) is 5.75 Å². The molecule has 3 aromatic rings. The third-order valence-corrected chi connectivity index (χ3v) is 5.21. The molecule has 1 aliphatic rings. The summed E-state index contributed by atoms with van der Waals surface area (Å²) >= 11 is 0. The average Bonchev–Trinajstić information content (AvgIpc) is 3.15. The van der Waals surface area contributed by atoms with Gasteiger partial charge in [0, 0.05) is 30.2 Å². The minimum absolute atomic E-state index is 0.141. The zero-order chi connectivity index (χ0) is 22.2. The van der Waals surface area contributed by atoms with Crippen LogP contribution >= 0.6 is 0 Å². The van der Waals surface area contributed by atoms with Crippen molar-refractivity contribution in [3.63, 3.8) is 0 Å². The van der Waals surface area contributed by atoms with Crippen molar-refractivity contribution in [3.8, 4) is 16.9 Å². The number of ether oxygens (including phenoxy) is 1. The Morgan fingerprint density at radius 2 is 1.97 bits per heavy atom. The Morgan fingerprint density at radius 3 is 2.65 bits per heavy atom. The molecule has 4 rings (SSSR count). The Morgan fingerprint density at radius 1 is 1.16 bits per heavy atom. The summed E-state index contributed by atoms with van der Waals surface area (Å²) in [7, 11) is 1.18. The van der Waals surface area contributed by atoms with E-state index in [2.05, 4.69) is 4.98 Å². The summed E-state index contributed by atoms with van der Waals surface area (Å²) in [4.78, 5) is 18.3.